The molecule has 2 fully saturated rings. The number of hydrogen-bond donors (Lipinski definition) is 4. The molecule has 40 heavy (non-hydrogen) atoms. The molecule has 0 radical (unpaired) electrons. The molecule has 1 aromatic heterocycles. The molecule has 5 N–H and O–H groups in total. The van der Waals surface area contributed by atoms with Crippen molar-refractivity contribution in [2.24, 2.45) is 28.4 Å². The highest BCUT2D eigenvalue weighted by Crippen LogP contribution is 2.65. The normalized spacial score (nSPS) is 23.2. The van der Waals surface area contributed by atoms with Crippen LogP contribution in [0.3, 0.4) is 0 Å². The van der Waals surface area contributed by atoms with E-state index in [2.05, 4.69) is 10.3 Å². The molecule has 2 aliphatic rings. The Bertz CT molecular complexity index is 1440. The van der Waals surface area contributed by atoms with Gasteiger partial charge in [0.05, 0.1) is 0 Å². The third-order valence-corrected chi connectivity index (χ3v) is 8.07. The maximum absolute atomic E-state index is 13.8. The van der Waals surface area contributed by atoms with Crippen molar-refractivity contribution in [3.05, 3.63) is 46.2 Å². The Morgan fingerprint density at radius 2 is 1.73 bits per heavy atom. The first-order chi connectivity index (χ1) is 18.4. The van der Waals surface area contributed by atoms with Gasteiger partial charge in [0, 0.05) is 23.5 Å². The van der Waals surface area contributed by atoms with Gasteiger partial charge >= 0.3 is 12.1 Å². The van der Waals surface area contributed by atoms with Crippen LogP contribution >= 0.6 is 0 Å². The maximum Gasteiger partial charge on any atom is 0.471 e. The second-order valence-corrected chi connectivity index (χ2v) is 12.1. The van der Waals surface area contributed by atoms with Crippen LogP contribution in [-0.4, -0.2) is 58.3 Å². The van der Waals surface area contributed by atoms with Crippen molar-refractivity contribution in [1.29, 1.82) is 0 Å². The number of halogens is 3. The van der Waals surface area contributed by atoms with Crippen LogP contribution in [0.2, 0.25) is 0 Å². The number of nitrogens with zero attached hydrogens (tertiary/aromatic N) is 1. The minimum Gasteiger partial charge on any atom is -0.368 e. The fourth-order valence-corrected chi connectivity index (χ4v) is 5.84. The number of nitrogens with one attached hydrogen (secondary N) is 3. The number of carbonyl (C=O) groups excluding carboxylic acids is 4. The zero-order valence-corrected chi connectivity index (χ0v) is 22.7. The van der Waals surface area contributed by atoms with Gasteiger partial charge in [-0.25, -0.2) is 0 Å². The predicted molar refractivity (Wildman–Crippen MR) is 138 cm³/mol. The van der Waals surface area contributed by atoms with Crippen LogP contribution in [0.15, 0.2) is 35.1 Å². The minimum absolute atomic E-state index is 0.0816. The lowest BCUT2D eigenvalue weighted by molar-refractivity contribution is -0.176. The van der Waals surface area contributed by atoms with Crippen molar-refractivity contribution in [3.63, 3.8) is 0 Å². The lowest BCUT2D eigenvalue weighted by Gasteiger charge is -2.38. The molecule has 5 atom stereocenters. The second kappa shape index (κ2) is 9.63. The molecule has 10 nitrogen and oxygen atoms in total. The van der Waals surface area contributed by atoms with Gasteiger partial charge in [0.1, 0.15) is 18.1 Å². The van der Waals surface area contributed by atoms with Gasteiger partial charge in [-0.1, -0.05) is 52.8 Å². The van der Waals surface area contributed by atoms with E-state index in [0.29, 0.717) is 10.9 Å². The number of piperidine rings is 1. The van der Waals surface area contributed by atoms with Crippen molar-refractivity contribution in [2.45, 2.75) is 58.9 Å². The first kappa shape index (κ1) is 29.1. The third kappa shape index (κ3) is 5.16. The van der Waals surface area contributed by atoms with Crippen molar-refractivity contribution >= 4 is 34.5 Å². The number of primary amides is 1. The van der Waals surface area contributed by atoms with Gasteiger partial charge in [-0.2, -0.15) is 13.2 Å². The topological polar surface area (TPSA) is 154 Å². The predicted octanol–water partition coefficient (Wildman–Crippen LogP) is 1.75. The molecule has 4 rings (SSSR count). The van der Waals surface area contributed by atoms with Crippen LogP contribution in [0.25, 0.3) is 10.9 Å². The zero-order chi connectivity index (χ0) is 29.9. The summed E-state index contributed by atoms with van der Waals surface area (Å²) < 4.78 is 39.2. The molecule has 13 heteroatoms. The zero-order valence-electron chi connectivity index (χ0n) is 22.7. The van der Waals surface area contributed by atoms with Crippen LogP contribution in [-0.2, 0) is 19.2 Å². The minimum atomic E-state index is -5.21. The average Bonchev–Trinajstić information content (AvgIpc) is 3.15. The van der Waals surface area contributed by atoms with Gasteiger partial charge in [0.15, 0.2) is 0 Å². The van der Waals surface area contributed by atoms with Gasteiger partial charge in [0.2, 0.25) is 23.3 Å². The van der Waals surface area contributed by atoms with Crippen LogP contribution in [0, 0.1) is 22.7 Å². The fraction of sp³-hybridized carbons (Fsp3) is 0.519. The highest BCUT2D eigenvalue weighted by Gasteiger charge is 2.70. The SMILES string of the molecule is CC(C)(C)[C@H](NC(=O)C(F)(F)F)C(=O)N1C[C@H]2[C@@H]([C@H]1C(=O)NC(C(N)=O)c1cc(=O)[nH]c3ccccc13)C2(C)C. The van der Waals surface area contributed by atoms with Crippen LogP contribution in [0.5, 0.6) is 0 Å². The van der Waals surface area contributed by atoms with Gasteiger partial charge in [-0.15, -0.1) is 0 Å². The van der Waals surface area contributed by atoms with Gasteiger partial charge < -0.3 is 26.3 Å². The molecule has 0 bridgehead atoms. The number of likely N-dealkylation sites (tertiary alicyclic amines) is 1. The quantitative estimate of drug-likeness (QED) is 0.422. The molecule has 1 saturated heterocycles. The highest BCUT2D eigenvalue weighted by molar-refractivity contribution is 5.97. The molecule has 1 aliphatic carbocycles. The summed E-state index contributed by atoms with van der Waals surface area (Å²) in [6.07, 6.45) is -5.21. The van der Waals surface area contributed by atoms with E-state index in [1.54, 1.807) is 29.6 Å². The van der Waals surface area contributed by atoms with Crippen LogP contribution in [0.1, 0.15) is 46.2 Å². The molecule has 0 spiro atoms. The van der Waals surface area contributed by atoms with Gasteiger partial charge in [0.25, 0.3) is 0 Å². The number of aromatic amines is 1. The monoisotopic (exact) mass is 563 g/mol. The molecule has 1 aromatic carbocycles. The Morgan fingerprint density at radius 3 is 2.30 bits per heavy atom. The van der Waals surface area contributed by atoms with E-state index in [4.69, 9.17) is 5.73 Å². The van der Waals surface area contributed by atoms with Crippen molar-refractivity contribution in [2.75, 3.05) is 6.54 Å². The Balaban J connectivity index is 1.68. The number of pyridine rings is 1. The Morgan fingerprint density at radius 1 is 1.10 bits per heavy atom. The smallest absolute Gasteiger partial charge is 0.368 e. The summed E-state index contributed by atoms with van der Waals surface area (Å²) in [5.74, 6) is -5.27. The summed E-state index contributed by atoms with van der Waals surface area (Å²) >= 11 is 0. The van der Waals surface area contributed by atoms with E-state index in [1.807, 2.05) is 13.8 Å². The summed E-state index contributed by atoms with van der Waals surface area (Å²) in [4.78, 5) is 67.9. The van der Waals surface area contributed by atoms with Gasteiger partial charge in [-0.3, -0.25) is 24.0 Å². The summed E-state index contributed by atoms with van der Waals surface area (Å²) in [7, 11) is 0. The summed E-state index contributed by atoms with van der Waals surface area (Å²) in [6.45, 7) is 8.41. The molecule has 4 amide bonds. The first-order valence-corrected chi connectivity index (χ1v) is 12.8. The Kier molecular flexibility index (Phi) is 7.00. The number of hydrogen-bond acceptors (Lipinski definition) is 5. The Labute approximate surface area is 227 Å². The number of carbonyl (C=O) groups is 4. The van der Waals surface area contributed by atoms with Gasteiger partial charge in [-0.05, 0) is 34.3 Å². The van der Waals surface area contributed by atoms with E-state index in [-0.39, 0.29) is 29.4 Å². The standard InChI is InChI=1S/C27H32F3N5O5/c1-25(2,3)20(34-24(40)27(28,29)30)23(39)35-11-14-17(26(14,4)5)19(35)22(38)33-18(21(31)37)13-10-16(36)32-15-9-7-6-8-12(13)15/h6-10,14,17-20H,11H2,1-5H3,(H2,31,37)(H,32,36)(H,33,38)(H,34,40)/t14-,17-,18?,19-,20+/m0/s1. The number of para-hydroxylation sites is 1. The number of H-pyrrole nitrogens is 1. The van der Waals surface area contributed by atoms with Crippen molar-refractivity contribution < 1.29 is 32.3 Å². The molecule has 1 unspecified atom stereocenters. The Hall–Kier alpha value is -3.90. The molecular formula is C27H32F3N5O5. The molecule has 2 heterocycles. The van der Waals surface area contributed by atoms with Crippen molar-refractivity contribution in [3.8, 4) is 0 Å². The molecular weight excluding hydrogens is 531 g/mol. The molecule has 1 aliphatic heterocycles. The second-order valence-electron chi connectivity index (χ2n) is 12.1. The average molecular weight is 564 g/mol. The van der Waals surface area contributed by atoms with Crippen LogP contribution < -0.4 is 21.9 Å². The molecule has 2 aromatic rings. The summed E-state index contributed by atoms with van der Waals surface area (Å²) in [5.41, 5.74) is 4.22. The van der Waals surface area contributed by atoms with E-state index in [9.17, 15) is 37.1 Å². The number of nitrogens with two attached hydrogens (primary N) is 1. The number of fused-ring (bicyclic) bond motifs is 2. The van der Waals surface area contributed by atoms with E-state index < -0.39 is 58.9 Å². The lowest BCUT2D eigenvalue weighted by atomic mass is 9.85. The number of alkyl halides is 3. The third-order valence-electron chi connectivity index (χ3n) is 8.07. The first-order valence-electron chi connectivity index (χ1n) is 12.8. The van der Waals surface area contributed by atoms with E-state index >= 15 is 0 Å². The highest BCUT2D eigenvalue weighted by atomic mass is 19.4. The number of benzene rings is 1. The fourth-order valence-electron chi connectivity index (χ4n) is 5.84. The largest absolute Gasteiger partial charge is 0.471 e. The number of amides is 4. The summed E-state index contributed by atoms with van der Waals surface area (Å²) in [5, 5.41) is 4.85. The maximum atomic E-state index is 13.8. The van der Waals surface area contributed by atoms with Crippen molar-refractivity contribution in [1.82, 2.24) is 20.5 Å². The van der Waals surface area contributed by atoms with E-state index in [0.717, 1.165) is 6.07 Å². The number of aromatic nitrogens is 1. The van der Waals surface area contributed by atoms with E-state index in [1.165, 1.54) is 25.7 Å². The number of rotatable bonds is 6. The molecule has 1 saturated carbocycles. The summed E-state index contributed by atoms with van der Waals surface area (Å²) in [6, 6.07) is 3.63. The van der Waals surface area contributed by atoms with Crippen LogP contribution in [0.4, 0.5) is 13.2 Å². The lowest BCUT2D eigenvalue weighted by Crippen LogP contribution is -2.61. The molecule has 216 valence electrons.